The predicted octanol–water partition coefficient (Wildman–Crippen LogP) is 1.63. The van der Waals surface area contributed by atoms with Gasteiger partial charge in [-0.15, -0.1) is 11.6 Å². The molecule has 14 heavy (non-hydrogen) atoms. The molecule has 0 spiro atoms. The maximum Gasteiger partial charge on any atom is 0.232 e. The quantitative estimate of drug-likeness (QED) is 0.536. The van der Waals surface area contributed by atoms with Gasteiger partial charge >= 0.3 is 0 Å². The van der Waals surface area contributed by atoms with E-state index in [9.17, 15) is 0 Å². The summed E-state index contributed by atoms with van der Waals surface area (Å²) in [5.41, 5.74) is 0.718. The van der Waals surface area contributed by atoms with Gasteiger partial charge < -0.3 is 9.47 Å². The Balaban J connectivity index is 2.34. The number of halogens is 1. The van der Waals surface area contributed by atoms with Crippen molar-refractivity contribution in [1.82, 2.24) is 9.97 Å². The molecule has 0 unspecified atom stereocenters. The molecule has 0 aliphatic carbocycles. The summed E-state index contributed by atoms with van der Waals surface area (Å²) in [6, 6.07) is 0. The third-order valence-corrected chi connectivity index (χ3v) is 1.82. The Labute approximate surface area is 88.2 Å². The first-order valence-corrected chi connectivity index (χ1v) is 4.89. The monoisotopic (exact) mass is 216 g/mol. The maximum atomic E-state index is 5.60. The number of nitrogens with zero attached hydrogens (tertiary/aromatic N) is 2. The van der Waals surface area contributed by atoms with Gasteiger partial charge in [0, 0.05) is 26.3 Å². The van der Waals surface area contributed by atoms with Crippen molar-refractivity contribution in [2.75, 3.05) is 20.3 Å². The van der Waals surface area contributed by atoms with Crippen LogP contribution in [0.1, 0.15) is 12.1 Å². The number of hydrogen-bond acceptors (Lipinski definition) is 4. The summed E-state index contributed by atoms with van der Waals surface area (Å²) in [4.78, 5) is 8.08. The van der Waals surface area contributed by atoms with Crippen molar-refractivity contribution in [3.05, 3.63) is 18.1 Å². The zero-order chi connectivity index (χ0) is 10.2. The molecule has 0 radical (unpaired) electrons. The molecule has 1 heterocycles. The van der Waals surface area contributed by atoms with Crippen molar-refractivity contribution in [2.24, 2.45) is 0 Å². The minimum Gasteiger partial charge on any atom is -0.476 e. The lowest BCUT2D eigenvalue weighted by Gasteiger charge is -2.04. The van der Waals surface area contributed by atoms with Crippen molar-refractivity contribution >= 4 is 11.6 Å². The lowest BCUT2D eigenvalue weighted by atomic mass is 10.5. The molecular weight excluding hydrogens is 204 g/mol. The van der Waals surface area contributed by atoms with Crippen molar-refractivity contribution in [2.45, 2.75) is 12.3 Å². The van der Waals surface area contributed by atoms with Gasteiger partial charge in [0.15, 0.2) is 0 Å². The molecule has 0 amide bonds. The number of aromatic nitrogens is 2. The van der Waals surface area contributed by atoms with E-state index in [1.54, 1.807) is 19.5 Å². The molecule has 0 saturated carbocycles. The molecule has 0 aliphatic heterocycles. The van der Waals surface area contributed by atoms with E-state index in [1.807, 2.05) is 0 Å². The first-order valence-electron chi connectivity index (χ1n) is 4.35. The van der Waals surface area contributed by atoms with E-state index >= 15 is 0 Å². The Morgan fingerprint density at radius 1 is 1.36 bits per heavy atom. The first kappa shape index (κ1) is 11.2. The summed E-state index contributed by atoms with van der Waals surface area (Å²) in [6.45, 7) is 1.26. The Morgan fingerprint density at radius 3 is 2.93 bits per heavy atom. The second-order valence-corrected chi connectivity index (χ2v) is 2.94. The van der Waals surface area contributed by atoms with E-state index in [1.165, 1.54) is 0 Å². The van der Waals surface area contributed by atoms with Crippen LogP contribution in [0.3, 0.4) is 0 Å². The molecule has 0 saturated heterocycles. The van der Waals surface area contributed by atoms with Gasteiger partial charge in [-0.05, 0) is 0 Å². The summed E-state index contributed by atoms with van der Waals surface area (Å²) in [5.74, 6) is 0.863. The number of ether oxygens (including phenoxy) is 2. The molecule has 0 N–H and O–H groups in total. The van der Waals surface area contributed by atoms with Gasteiger partial charge in [-0.1, -0.05) is 0 Å². The number of methoxy groups -OCH3 is 1. The van der Waals surface area contributed by atoms with Crippen LogP contribution in [0.25, 0.3) is 0 Å². The molecule has 0 bridgehead atoms. The molecule has 1 rings (SSSR count). The van der Waals surface area contributed by atoms with Crippen LogP contribution in [-0.4, -0.2) is 30.3 Å². The minimum atomic E-state index is 0.349. The average molecular weight is 217 g/mol. The predicted molar refractivity (Wildman–Crippen MR) is 53.6 cm³/mol. The van der Waals surface area contributed by atoms with Crippen molar-refractivity contribution in [1.29, 1.82) is 0 Å². The maximum absolute atomic E-state index is 5.60. The molecule has 0 aromatic carbocycles. The highest BCUT2D eigenvalue weighted by Gasteiger charge is 1.98. The molecule has 5 heteroatoms. The summed E-state index contributed by atoms with van der Waals surface area (Å²) >= 11 is 5.60. The molecule has 4 nitrogen and oxygen atoms in total. The van der Waals surface area contributed by atoms with Crippen LogP contribution in [0.2, 0.25) is 0 Å². The van der Waals surface area contributed by atoms with Crippen molar-refractivity contribution < 1.29 is 9.47 Å². The molecule has 0 atom stereocenters. The Hall–Kier alpha value is -0.870. The molecule has 0 aliphatic rings. The smallest absolute Gasteiger partial charge is 0.232 e. The van der Waals surface area contributed by atoms with Crippen LogP contribution in [0.5, 0.6) is 5.88 Å². The van der Waals surface area contributed by atoms with Crippen molar-refractivity contribution in [3.8, 4) is 5.88 Å². The fourth-order valence-corrected chi connectivity index (χ4v) is 1.03. The second kappa shape index (κ2) is 6.56. The summed E-state index contributed by atoms with van der Waals surface area (Å²) in [7, 11) is 1.66. The van der Waals surface area contributed by atoms with Gasteiger partial charge in [0.25, 0.3) is 0 Å². The zero-order valence-corrected chi connectivity index (χ0v) is 8.83. The number of rotatable bonds is 6. The lowest BCUT2D eigenvalue weighted by molar-refractivity contribution is 0.170. The number of alkyl halides is 1. The molecular formula is C9H13ClN2O2. The van der Waals surface area contributed by atoms with Gasteiger partial charge in [-0.25, -0.2) is 4.98 Å². The Bertz CT molecular complexity index is 271. The first-order chi connectivity index (χ1) is 6.86. The highest BCUT2D eigenvalue weighted by molar-refractivity contribution is 6.16. The van der Waals surface area contributed by atoms with Crippen LogP contribution in [-0.2, 0) is 10.6 Å². The van der Waals surface area contributed by atoms with Crippen LogP contribution < -0.4 is 4.74 Å². The van der Waals surface area contributed by atoms with Crippen LogP contribution in [0, 0.1) is 0 Å². The SMILES string of the molecule is COCCCOc1cncc(CCl)n1. The number of hydrogen-bond donors (Lipinski definition) is 0. The second-order valence-electron chi connectivity index (χ2n) is 2.68. The van der Waals surface area contributed by atoms with Crippen molar-refractivity contribution in [3.63, 3.8) is 0 Å². The third kappa shape index (κ3) is 3.89. The summed E-state index contributed by atoms with van der Waals surface area (Å²) < 4.78 is 10.2. The van der Waals surface area contributed by atoms with Gasteiger partial charge in [-0.2, -0.15) is 0 Å². The Kier molecular flexibility index (Phi) is 5.25. The standard InChI is InChI=1S/C9H13ClN2O2/c1-13-3-2-4-14-9-7-11-6-8(5-10)12-9/h6-7H,2-5H2,1H3. The summed E-state index contributed by atoms with van der Waals surface area (Å²) in [5, 5.41) is 0. The van der Waals surface area contributed by atoms with Crippen LogP contribution in [0.15, 0.2) is 12.4 Å². The van der Waals surface area contributed by atoms with E-state index in [-0.39, 0.29) is 0 Å². The zero-order valence-electron chi connectivity index (χ0n) is 8.07. The van der Waals surface area contributed by atoms with E-state index < -0.39 is 0 Å². The third-order valence-electron chi connectivity index (χ3n) is 1.54. The van der Waals surface area contributed by atoms with Gasteiger partial charge in [0.05, 0.1) is 24.4 Å². The van der Waals surface area contributed by atoms with E-state index in [0.29, 0.717) is 25.0 Å². The van der Waals surface area contributed by atoms with E-state index in [2.05, 4.69) is 9.97 Å². The highest BCUT2D eigenvalue weighted by Crippen LogP contribution is 2.06. The fraction of sp³-hybridized carbons (Fsp3) is 0.556. The average Bonchev–Trinajstić information content (AvgIpc) is 2.25. The molecule has 78 valence electrons. The lowest BCUT2D eigenvalue weighted by Crippen LogP contribution is -2.03. The fourth-order valence-electron chi connectivity index (χ4n) is 0.900. The van der Waals surface area contributed by atoms with Gasteiger partial charge in [0.2, 0.25) is 5.88 Å². The van der Waals surface area contributed by atoms with Gasteiger partial charge in [-0.3, -0.25) is 4.98 Å². The minimum absolute atomic E-state index is 0.349. The largest absolute Gasteiger partial charge is 0.476 e. The normalized spacial score (nSPS) is 10.1. The molecule has 1 aromatic rings. The Morgan fingerprint density at radius 2 is 2.21 bits per heavy atom. The summed E-state index contributed by atoms with van der Waals surface area (Å²) in [6.07, 6.45) is 4.03. The molecule has 0 fully saturated rings. The van der Waals surface area contributed by atoms with Crippen LogP contribution >= 0.6 is 11.6 Å². The topological polar surface area (TPSA) is 44.2 Å². The molecule has 1 aromatic heterocycles. The highest BCUT2D eigenvalue weighted by atomic mass is 35.5. The van der Waals surface area contributed by atoms with Gasteiger partial charge in [0.1, 0.15) is 0 Å². The van der Waals surface area contributed by atoms with E-state index in [0.717, 1.165) is 12.1 Å². The van der Waals surface area contributed by atoms with Crippen LogP contribution in [0.4, 0.5) is 0 Å². The van der Waals surface area contributed by atoms with E-state index in [4.69, 9.17) is 21.1 Å².